The molecule has 1 heterocycles. The summed E-state index contributed by atoms with van der Waals surface area (Å²) < 4.78 is 32.1. The summed E-state index contributed by atoms with van der Waals surface area (Å²) in [5.41, 5.74) is 1.68. The highest BCUT2D eigenvalue weighted by atomic mass is 32.2. The number of carbonyl (C=O) groups is 1. The van der Waals surface area contributed by atoms with E-state index < -0.39 is 16.0 Å². The Morgan fingerprint density at radius 2 is 2.00 bits per heavy atom. The average Bonchev–Trinajstić information content (AvgIpc) is 3.04. The van der Waals surface area contributed by atoms with Crippen LogP contribution in [0.5, 0.6) is 0 Å². The largest absolute Gasteiger partial charge is 0.462 e. The molecule has 23 heavy (non-hydrogen) atoms. The van der Waals surface area contributed by atoms with Crippen molar-refractivity contribution in [2.45, 2.75) is 25.0 Å². The zero-order valence-corrected chi connectivity index (χ0v) is 14.9. The first-order valence-corrected chi connectivity index (χ1v) is 9.57. The third-order valence-electron chi connectivity index (χ3n) is 3.30. The lowest BCUT2D eigenvalue weighted by Gasteiger charge is -2.24. The molecule has 1 aromatic carbocycles. The summed E-state index contributed by atoms with van der Waals surface area (Å²) in [7, 11) is -3.59. The first kappa shape index (κ1) is 17.5. The summed E-state index contributed by atoms with van der Waals surface area (Å²) in [6.45, 7) is 5.91. The Morgan fingerprint density at radius 1 is 1.26 bits per heavy atom. The average molecular weight is 353 g/mol. The van der Waals surface area contributed by atoms with Crippen molar-refractivity contribution in [1.29, 1.82) is 0 Å². The number of aryl methyl sites for hydroxylation is 1. The number of thiophene rings is 1. The Bertz CT molecular complexity index is 782. The van der Waals surface area contributed by atoms with Crippen LogP contribution in [0.15, 0.2) is 39.9 Å². The molecule has 2 aromatic rings. The molecule has 0 N–H and O–H groups in total. The minimum Gasteiger partial charge on any atom is -0.462 e. The van der Waals surface area contributed by atoms with E-state index in [2.05, 4.69) is 0 Å². The molecule has 0 aliphatic carbocycles. The predicted octanol–water partition coefficient (Wildman–Crippen LogP) is 3.45. The van der Waals surface area contributed by atoms with Crippen LogP contribution in [0.1, 0.15) is 29.8 Å². The lowest BCUT2D eigenvalue weighted by atomic mass is 10.1. The number of nitrogens with zero attached hydrogens (tertiary/aromatic N) is 1. The fourth-order valence-electron chi connectivity index (χ4n) is 2.27. The van der Waals surface area contributed by atoms with Crippen LogP contribution >= 0.6 is 11.3 Å². The van der Waals surface area contributed by atoms with Gasteiger partial charge in [0.05, 0.1) is 17.9 Å². The number of rotatable bonds is 6. The topological polar surface area (TPSA) is 63.7 Å². The van der Waals surface area contributed by atoms with Crippen molar-refractivity contribution in [3.63, 3.8) is 0 Å². The maximum atomic E-state index is 12.7. The lowest BCUT2D eigenvalue weighted by Crippen LogP contribution is -2.30. The van der Waals surface area contributed by atoms with E-state index in [4.69, 9.17) is 4.74 Å². The number of benzene rings is 1. The van der Waals surface area contributed by atoms with Crippen LogP contribution in [-0.4, -0.2) is 27.5 Å². The van der Waals surface area contributed by atoms with Gasteiger partial charge in [0.2, 0.25) is 0 Å². The second-order valence-corrected chi connectivity index (χ2v) is 7.86. The van der Waals surface area contributed by atoms with Gasteiger partial charge in [-0.1, -0.05) is 6.07 Å². The molecule has 5 nitrogen and oxygen atoms in total. The van der Waals surface area contributed by atoms with E-state index in [1.54, 1.807) is 56.5 Å². The molecule has 0 saturated carbocycles. The van der Waals surface area contributed by atoms with Crippen LogP contribution < -0.4 is 4.31 Å². The molecule has 124 valence electrons. The number of hydrogen-bond acceptors (Lipinski definition) is 5. The van der Waals surface area contributed by atoms with E-state index in [0.29, 0.717) is 34.2 Å². The zero-order chi connectivity index (χ0) is 17.0. The van der Waals surface area contributed by atoms with E-state index >= 15 is 0 Å². The Kier molecular flexibility index (Phi) is 5.43. The number of carbonyl (C=O) groups excluding carboxylic acids is 1. The Balaban J connectivity index is 2.41. The number of hydrogen-bond donors (Lipinski definition) is 0. The number of anilines is 1. The molecule has 0 unspecified atom stereocenters. The predicted molar refractivity (Wildman–Crippen MR) is 91.7 cm³/mol. The van der Waals surface area contributed by atoms with Crippen LogP contribution in [0, 0.1) is 6.92 Å². The quantitative estimate of drug-likeness (QED) is 0.746. The molecule has 1 aromatic heterocycles. The fraction of sp³-hybridized carbons (Fsp3) is 0.312. The van der Waals surface area contributed by atoms with Crippen molar-refractivity contribution in [3.05, 3.63) is 46.8 Å². The van der Waals surface area contributed by atoms with Gasteiger partial charge in [-0.15, -0.1) is 11.3 Å². The fourth-order valence-corrected chi connectivity index (χ4v) is 4.91. The molecule has 0 amide bonds. The van der Waals surface area contributed by atoms with E-state index in [1.165, 1.54) is 15.6 Å². The van der Waals surface area contributed by atoms with Crippen molar-refractivity contribution >= 4 is 33.0 Å². The van der Waals surface area contributed by atoms with E-state index in [0.717, 1.165) is 0 Å². The summed E-state index contributed by atoms with van der Waals surface area (Å²) in [5, 5.41) is 1.73. The van der Waals surface area contributed by atoms with E-state index in [9.17, 15) is 13.2 Å². The lowest BCUT2D eigenvalue weighted by molar-refractivity contribution is 0.0526. The van der Waals surface area contributed by atoms with Crippen LogP contribution in [0.25, 0.3) is 0 Å². The Morgan fingerprint density at radius 3 is 2.52 bits per heavy atom. The summed E-state index contributed by atoms with van der Waals surface area (Å²) in [4.78, 5) is 11.8. The maximum Gasteiger partial charge on any atom is 0.338 e. The van der Waals surface area contributed by atoms with Gasteiger partial charge in [-0.3, -0.25) is 4.31 Å². The molecular formula is C16H19NO4S2. The van der Waals surface area contributed by atoms with Gasteiger partial charge >= 0.3 is 5.97 Å². The van der Waals surface area contributed by atoms with Gasteiger partial charge in [-0.2, -0.15) is 0 Å². The molecule has 0 atom stereocenters. The zero-order valence-electron chi connectivity index (χ0n) is 13.3. The van der Waals surface area contributed by atoms with Gasteiger partial charge in [0.15, 0.2) is 0 Å². The van der Waals surface area contributed by atoms with Crippen LogP contribution in [-0.2, 0) is 14.8 Å². The van der Waals surface area contributed by atoms with Crippen molar-refractivity contribution in [2.24, 2.45) is 0 Å². The van der Waals surface area contributed by atoms with Gasteiger partial charge in [-0.25, -0.2) is 13.2 Å². The minimum absolute atomic E-state index is 0.299. The van der Waals surface area contributed by atoms with Crippen molar-refractivity contribution in [3.8, 4) is 0 Å². The Labute approximate surface area is 140 Å². The smallest absolute Gasteiger partial charge is 0.338 e. The molecule has 2 rings (SSSR count). The van der Waals surface area contributed by atoms with Crippen molar-refractivity contribution in [1.82, 2.24) is 0 Å². The molecule has 0 aliphatic rings. The van der Waals surface area contributed by atoms with Gasteiger partial charge in [-0.05, 0) is 56.0 Å². The van der Waals surface area contributed by atoms with Crippen LogP contribution in [0.2, 0.25) is 0 Å². The Hall–Kier alpha value is -1.86. The molecule has 0 spiro atoms. The molecule has 7 heteroatoms. The van der Waals surface area contributed by atoms with E-state index in [-0.39, 0.29) is 0 Å². The number of sulfonamides is 1. The summed E-state index contributed by atoms with van der Waals surface area (Å²) in [6.07, 6.45) is 0. The van der Waals surface area contributed by atoms with E-state index in [1.807, 2.05) is 0 Å². The van der Waals surface area contributed by atoms with Gasteiger partial charge in [0.25, 0.3) is 10.0 Å². The second kappa shape index (κ2) is 7.14. The van der Waals surface area contributed by atoms with Crippen molar-refractivity contribution in [2.75, 3.05) is 17.5 Å². The van der Waals surface area contributed by atoms with Crippen LogP contribution in [0.4, 0.5) is 5.69 Å². The maximum absolute atomic E-state index is 12.7. The number of ether oxygens (including phenoxy) is 1. The van der Waals surface area contributed by atoms with Gasteiger partial charge in [0, 0.05) is 6.54 Å². The highest BCUT2D eigenvalue weighted by Crippen LogP contribution is 2.29. The number of esters is 1. The summed E-state index contributed by atoms with van der Waals surface area (Å²) in [6, 6.07) is 8.19. The highest BCUT2D eigenvalue weighted by Gasteiger charge is 2.26. The first-order valence-electron chi connectivity index (χ1n) is 7.25. The SMILES string of the molecule is CCOC(=O)c1ccc(N(CC)S(=O)(=O)c2cccs2)c(C)c1. The highest BCUT2D eigenvalue weighted by molar-refractivity contribution is 7.94. The monoisotopic (exact) mass is 353 g/mol. The summed E-state index contributed by atoms with van der Waals surface area (Å²) >= 11 is 1.18. The molecule has 0 aliphatic heterocycles. The standard InChI is InChI=1S/C16H19NO4S2/c1-4-17(23(19,20)15-7-6-10-22-15)14-9-8-13(11-12(14)3)16(18)21-5-2/h6-11H,4-5H2,1-3H3. The molecule has 0 saturated heterocycles. The summed E-state index contributed by atoms with van der Waals surface area (Å²) in [5.74, 6) is -0.411. The van der Waals surface area contributed by atoms with Crippen molar-refractivity contribution < 1.29 is 17.9 Å². The second-order valence-electron chi connectivity index (χ2n) is 4.82. The van der Waals surface area contributed by atoms with Gasteiger partial charge in [0.1, 0.15) is 4.21 Å². The van der Waals surface area contributed by atoms with Gasteiger partial charge < -0.3 is 4.74 Å². The molecular weight excluding hydrogens is 334 g/mol. The normalized spacial score (nSPS) is 11.3. The third-order valence-corrected chi connectivity index (χ3v) is 6.57. The molecule has 0 bridgehead atoms. The third kappa shape index (κ3) is 3.56. The minimum atomic E-state index is -3.59. The molecule has 0 radical (unpaired) electrons. The first-order chi connectivity index (χ1) is 10.9. The molecule has 0 fully saturated rings. The van der Waals surface area contributed by atoms with Crippen LogP contribution in [0.3, 0.4) is 0 Å².